The number of nitrogens with zero attached hydrogens (tertiary/aromatic N) is 2. The van der Waals surface area contributed by atoms with E-state index in [1.54, 1.807) is 19.4 Å². The fraction of sp³-hybridized carbons (Fsp3) is 0.600. The summed E-state index contributed by atoms with van der Waals surface area (Å²) >= 11 is 0. The molecule has 0 saturated carbocycles. The molecule has 0 aliphatic carbocycles. The molecule has 2 heterocycles. The number of ether oxygens (including phenoxy) is 4. The van der Waals surface area contributed by atoms with E-state index in [2.05, 4.69) is 38.8 Å². The largest absolute Gasteiger partial charge is 0.497 e. The minimum Gasteiger partial charge on any atom is -0.497 e. The molecule has 0 radical (unpaired) electrons. The van der Waals surface area contributed by atoms with E-state index in [9.17, 15) is 4.79 Å². The Kier molecular flexibility index (Phi) is 8.23. The molecule has 1 aliphatic heterocycles. The highest BCUT2D eigenvalue weighted by Gasteiger charge is 2.45. The van der Waals surface area contributed by atoms with Gasteiger partial charge in [-0.05, 0) is 42.8 Å². The molecule has 2 aromatic rings. The van der Waals surface area contributed by atoms with E-state index >= 15 is 0 Å². The molecule has 1 aromatic carbocycles. The Hall–Kier alpha value is -2.20. The summed E-state index contributed by atoms with van der Waals surface area (Å²) in [4.78, 5) is 16.6. The molecule has 1 aromatic heterocycles. The normalized spacial score (nSPS) is 23.5. The van der Waals surface area contributed by atoms with Crippen molar-refractivity contribution in [3.8, 4) is 11.6 Å². The zero-order valence-corrected chi connectivity index (χ0v) is 22.5. The average Bonchev–Trinajstić information content (AvgIpc) is 2.77. The predicted octanol–water partition coefficient (Wildman–Crippen LogP) is 4.54. The molecule has 1 fully saturated rings. The maximum absolute atomic E-state index is 12.6. The summed E-state index contributed by atoms with van der Waals surface area (Å²) in [6.07, 6.45) is 0.833. The Balaban J connectivity index is 1.84. The van der Waals surface area contributed by atoms with Gasteiger partial charge in [-0.2, -0.15) is 4.98 Å². The quantitative estimate of drug-likeness (QED) is 0.502. The highest BCUT2D eigenvalue weighted by Crippen LogP contribution is 2.41. The topological polar surface area (TPSA) is 81.0 Å². The minimum atomic E-state index is -2.12. The van der Waals surface area contributed by atoms with Crippen molar-refractivity contribution in [3.63, 3.8) is 0 Å². The van der Waals surface area contributed by atoms with E-state index in [1.807, 2.05) is 31.2 Å². The van der Waals surface area contributed by atoms with Crippen molar-refractivity contribution in [2.75, 3.05) is 14.2 Å². The van der Waals surface area contributed by atoms with Gasteiger partial charge in [0.25, 0.3) is 0 Å². The van der Waals surface area contributed by atoms with E-state index in [0.717, 1.165) is 11.3 Å². The number of methoxy groups -OCH3 is 2. The molecule has 0 amide bonds. The Morgan fingerprint density at radius 2 is 1.79 bits per heavy atom. The Morgan fingerprint density at radius 1 is 1.12 bits per heavy atom. The van der Waals surface area contributed by atoms with Crippen LogP contribution in [0.4, 0.5) is 0 Å². The summed E-state index contributed by atoms with van der Waals surface area (Å²) in [7, 11) is 1.02. The fourth-order valence-electron chi connectivity index (χ4n) is 3.75. The summed E-state index contributed by atoms with van der Waals surface area (Å²) in [5.41, 5.74) is 0.622. The zero-order chi connectivity index (χ0) is 25.1. The molecular formula is C25H38N2O6Si. The molecule has 0 bridgehead atoms. The van der Waals surface area contributed by atoms with Crippen LogP contribution in [0, 0.1) is 0 Å². The van der Waals surface area contributed by atoms with Crippen LogP contribution < -0.4 is 15.2 Å². The highest BCUT2D eigenvalue weighted by molar-refractivity contribution is 6.74. The lowest BCUT2D eigenvalue weighted by Gasteiger charge is -2.46. The van der Waals surface area contributed by atoms with Crippen molar-refractivity contribution in [3.05, 3.63) is 52.6 Å². The van der Waals surface area contributed by atoms with Gasteiger partial charge in [0, 0.05) is 18.7 Å². The van der Waals surface area contributed by atoms with Gasteiger partial charge in [-0.1, -0.05) is 32.9 Å². The van der Waals surface area contributed by atoms with Crippen LogP contribution >= 0.6 is 0 Å². The second kappa shape index (κ2) is 10.6. The first-order chi connectivity index (χ1) is 15.9. The van der Waals surface area contributed by atoms with E-state index in [-0.39, 0.29) is 29.2 Å². The van der Waals surface area contributed by atoms with Crippen LogP contribution in [-0.2, 0) is 20.5 Å². The number of aromatic nitrogens is 2. The predicted molar refractivity (Wildman–Crippen MR) is 133 cm³/mol. The van der Waals surface area contributed by atoms with Crippen molar-refractivity contribution >= 4 is 8.32 Å². The van der Waals surface area contributed by atoms with Crippen molar-refractivity contribution in [2.45, 2.75) is 83.4 Å². The molecule has 0 unspecified atom stereocenters. The number of benzene rings is 1. The van der Waals surface area contributed by atoms with E-state index in [4.69, 9.17) is 23.4 Å². The van der Waals surface area contributed by atoms with Crippen LogP contribution in [0.2, 0.25) is 18.1 Å². The second-order valence-electron chi connectivity index (χ2n) is 10.2. The van der Waals surface area contributed by atoms with Gasteiger partial charge in [0.05, 0.1) is 33.0 Å². The van der Waals surface area contributed by atoms with Crippen LogP contribution in [-0.4, -0.2) is 50.4 Å². The first-order valence-corrected chi connectivity index (χ1v) is 14.6. The summed E-state index contributed by atoms with van der Waals surface area (Å²) in [5, 5.41) is 0.0308. The molecule has 34 heavy (non-hydrogen) atoms. The molecule has 4 atom stereocenters. The minimum absolute atomic E-state index is 0.0308. The Labute approximate surface area is 203 Å². The van der Waals surface area contributed by atoms with Gasteiger partial charge in [0.1, 0.15) is 18.1 Å². The van der Waals surface area contributed by atoms with E-state index in [1.165, 1.54) is 11.7 Å². The third-order valence-corrected chi connectivity index (χ3v) is 11.3. The number of hydrogen-bond donors (Lipinski definition) is 0. The maximum atomic E-state index is 12.6. The van der Waals surface area contributed by atoms with Gasteiger partial charge in [-0.15, -0.1) is 0 Å². The lowest BCUT2D eigenvalue weighted by atomic mass is 10.0. The van der Waals surface area contributed by atoms with E-state index in [0.29, 0.717) is 13.0 Å². The summed E-state index contributed by atoms with van der Waals surface area (Å²) in [6.45, 7) is 13.5. The Bertz CT molecular complexity index is 1000. The first-order valence-electron chi connectivity index (χ1n) is 11.7. The average molecular weight is 491 g/mol. The zero-order valence-electron chi connectivity index (χ0n) is 21.5. The van der Waals surface area contributed by atoms with Gasteiger partial charge in [0.15, 0.2) is 8.32 Å². The molecule has 0 N–H and O–H groups in total. The summed E-state index contributed by atoms with van der Waals surface area (Å²) in [5.74, 6) is 1.08. The van der Waals surface area contributed by atoms with Crippen molar-refractivity contribution < 1.29 is 23.4 Å². The molecule has 3 rings (SSSR count). The van der Waals surface area contributed by atoms with Crippen LogP contribution in [0.1, 0.15) is 45.9 Å². The Morgan fingerprint density at radius 3 is 2.35 bits per heavy atom. The van der Waals surface area contributed by atoms with Gasteiger partial charge < -0.3 is 23.4 Å². The second-order valence-corrected chi connectivity index (χ2v) is 15.0. The maximum Gasteiger partial charge on any atom is 0.352 e. The number of rotatable bonds is 8. The smallest absolute Gasteiger partial charge is 0.352 e. The van der Waals surface area contributed by atoms with Crippen LogP contribution in [0.3, 0.4) is 0 Å². The van der Waals surface area contributed by atoms with Crippen molar-refractivity contribution in [2.24, 2.45) is 0 Å². The van der Waals surface area contributed by atoms with Crippen LogP contribution in [0.25, 0.3) is 0 Å². The fourth-order valence-corrected chi connectivity index (χ4v) is 5.09. The van der Waals surface area contributed by atoms with Crippen molar-refractivity contribution in [1.29, 1.82) is 0 Å². The SMILES string of the molecule is COc1ccc(CO[C@@H]2[C@@H](C)O[C@@H](n3ccc(OC)nc3=O)C[C@H]2O[Si](C)(C)C(C)(C)C)cc1. The van der Waals surface area contributed by atoms with Crippen LogP contribution in [0.15, 0.2) is 41.3 Å². The third-order valence-electron chi connectivity index (χ3n) is 6.81. The van der Waals surface area contributed by atoms with Crippen molar-refractivity contribution in [1.82, 2.24) is 9.55 Å². The standard InChI is InChI=1S/C25H38N2O6Si/c1-17-23(31-16-18-9-11-19(29-5)12-10-18)20(33-34(7,8)25(2,3)4)15-22(32-17)27-14-13-21(30-6)26-24(27)28/h9-14,17,20,22-23H,15-16H2,1-8H3/t17-,20-,22-,23-/m1/s1. The molecule has 1 aliphatic rings. The van der Waals surface area contributed by atoms with Crippen LogP contribution in [0.5, 0.6) is 11.6 Å². The lowest BCUT2D eigenvalue weighted by Crippen LogP contribution is -2.54. The van der Waals surface area contributed by atoms with E-state index < -0.39 is 20.2 Å². The van der Waals surface area contributed by atoms with Gasteiger partial charge in [-0.3, -0.25) is 4.57 Å². The molecule has 0 spiro atoms. The summed E-state index contributed by atoms with van der Waals surface area (Å²) < 4.78 is 31.3. The molecule has 8 nitrogen and oxygen atoms in total. The molecule has 1 saturated heterocycles. The first kappa shape index (κ1) is 26.4. The van der Waals surface area contributed by atoms with Gasteiger partial charge >= 0.3 is 5.69 Å². The number of hydrogen-bond acceptors (Lipinski definition) is 7. The monoisotopic (exact) mass is 490 g/mol. The third kappa shape index (κ3) is 6.07. The highest BCUT2D eigenvalue weighted by atomic mass is 28.4. The van der Waals surface area contributed by atoms with Gasteiger partial charge in [-0.25, -0.2) is 4.79 Å². The summed E-state index contributed by atoms with van der Waals surface area (Å²) in [6, 6.07) is 9.47. The van der Waals surface area contributed by atoms with Gasteiger partial charge in [0.2, 0.25) is 5.88 Å². The molecule has 188 valence electrons. The lowest BCUT2D eigenvalue weighted by molar-refractivity contribution is -0.202. The molecule has 9 heteroatoms. The molecular weight excluding hydrogens is 452 g/mol.